The molecule has 0 saturated carbocycles. The van der Waals surface area contributed by atoms with Crippen LogP contribution in [0.4, 0.5) is 13.2 Å². The molecule has 0 unspecified atom stereocenters. The van der Waals surface area contributed by atoms with Gasteiger partial charge in [0.2, 0.25) is 0 Å². The van der Waals surface area contributed by atoms with Gasteiger partial charge in [0.15, 0.2) is 0 Å². The SMILES string of the molecule is CN=CCc1ccc(OC(F)(F)F)cc1. The van der Waals surface area contributed by atoms with Crippen molar-refractivity contribution in [2.24, 2.45) is 4.99 Å². The molecule has 0 atom stereocenters. The fraction of sp³-hybridized carbons (Fsp3) is 0.300. The lowest BCUT2D eigenvalue weighted by Gasteiger charge is -2.08. The highest BCUT2D eigenvalue weighted by Gasteiger charge is 2.30. The molecule has 2 nitrogen and oxygen atoms in total. The van der Waals surface area contributed by atoms with Crippen LogP contribution in [-0.2, 0) is 6.42 Å². The van der Waals surface area contributed by atoms with E-state index in [-0.39, 0.29) is 5.75 Å². The number of nitrogens with zero attached hydrogens (tertiary/aromatic N) is 1. The normalized spacial score (nSPS) is 12.0. The monoisotopic (exact) mass is 217 g/mol. The Balaban J connectivity index is 2.64. The Hall–Kier alpha value is -1.52. The van der Waals surface area contributed by atoms with Crippen molar-refractivity contribution >= 4 is 6.21 Å². The van der Waals surface area contributed by atoms with Crippen LogP contribution in [0.1, 0.15) is 5.56 Å². The second-order valence-corrected chi connectivity index (χ2v) is 2.84. The van der Waals surface area contributed by atoms with E-state index >= 15 is 0 Å². The topological polar surface area (TPSA) is 21.6 Å². The maximum absolute atomic E-state index is 11.8. The first-order valence-corrected chi connectivity index (χ1v) is 4.26. The second kappa shape index (κ2) is 4.82. The summed E-state index contributed by atoms with van der Waals surface area (Å²) in [5.41, 5.74) is 0.884. The third kappa shape index (κ3) is 4.49. The van der Waals surface area contributed by atoms with Gasteiger partial charge in [-0.15, -0.1) is 13.2 Å². The maximum Gasteiger partial charge on any atom is 0.573 e. The second-order valence-electron chi connectivity index (χ2n) is 2.84. The molecule has 0 bridgehead atoms. The summed E-state index contributed by atoms with van der Waals surface area (Å²) in [4.78, 5) is 3.78. The third-order valence-corrected chi connectivity index (χ3v) is 1.67. The molecule has 1 aromatic carbocycles. The van der Waals surface area contributed by atoms with Gasteiger partial charge < -0.3 is 9.73 Å². The largest absolute Gasteiger partial charge is 0.573 e. The molecule has 0 amide bonds. The van der Waals surface area contributed by atoms with Crippen LogP contribution in [0.2, 0.25) is 0 Å². The van der Waals surface area contributed by atoms with Crippen molar-refractivity contribution in [3.63, 3.8) is 0 Å². The van der Waals surface area contributed by atoms with Crippen molar-refractivity contribution in [3.05, 3.63) is 29.8 Å². The van der Waals surface area contributed by atoms with Crippen LogP contribution < -0.4 is 4.74 Å². The molecule has 0 aliphatic carbocycles. The molecule has 0 aliphatic heterocycles. The molecule has 82 valence electrons. The number of halogens is 3. The maximum atomic E-state index is 11.8. The third-order valence-electron chi connectivity index (χ3n) is 1.67. The van der Waals surface area contributed by atoms with Crippen LogP contribution in [0.25, 0.3) is 0 Å². The lowest BCUT2D eigenvalue weighted by molar-refractivity contribution is -0.274. The summed E-state index contributed by atoms with van der Waals surface area (Å²) in [6.07, 6.45) is -2.35. The minimum absolute atomic E-state index is 0.209. The lowest BCUT2D eigenvalue weighted by atomic mass is 10.2. The molecular weight excluding hydrogens is 207 g/mol. The number of hydrogen-bond donors (Lipinski definition) is 0. The Labute approximate surface area is 85.4 Å². The van der Waals surface area contributed by atoms with Crippen LogP contribution in [0.15, 0.2) is 29.3 Å². The summed E-state index contributed by atoms with van der Waals surface area (Å²) in [5.74, 6) is -0.209. The van der Waals surface area contributed by atoms with Gasteiger partial charge >= 0.3 is 6.36 Å². The zero-order valence-corrected chi connectivity index (χ0v) is 8.08. The summed E-state index contributed by atoms with van der Waals surface area (Å²) < 4.78 is 39.1. The van der Waals surface area contributed by atoms with Gasteiger partial charge in [0.1, 0.15) is 5.75 Å². The number of rotatable bonds is 3. The van der Waals surface area contributed by atoms with Gasteiger partial charge in [0, 0.05) is 19.7 Å². The van der Waals surface area contributed by atoms with Gasteiger partial charge in [-0.2, -0.15) is 0 Å². The Bertz CT molecular complexity index is 330. The van der Waals surface area contributed by atoms with Crippen molar-refractivity contribution in [3.8, 4) is 5.75 Å². The predicted molar refractivity (Wildman–Crippen MR) is 51.2 cm³/mol. The summed E-state index contributed by atoms with van der Waals surface area (Å²) in [5, 5.41) is 0. The molecular formula is C10H10F3NO. The summed E-state index contributed by atoms with van der Waals surface area (Å²) in [6, 6.07) is 5.71. The Morgan fingerprint density at radius 1 is 1.27 bits per heavy atom. The quantitative estimate of drug-likeness (QED) is 0.713. The Morgan fingerprint density at radius 2 is 1.87 bits per heavy atom. The molecule has 0 aliphatic rings. The Kier molecular flexibility index (Phi) is 3.71. The molecule has 0 N–H and O–H groups in total. The van der Waals surface area contributed by atoms with Crippen molar-refractivity contribution in [2.45, 2.75) is 12.8 Å². The van der Waals surface area contributed by atoms with Crippen LogP contribution in [0, 0.1) is 0 Å². The summed E-state index contributed by atoms with van der Waals surface area (Å²) in [6.45, 7) is 0. The first-order valence-electron chi connectivity index (χ1n) is 4.26. The van der Waals surface area contributed by atoms with Crippen LogP contribution in [0.5, 0.6) is 5.75 Å². The number of aliphatic imine (C=N–C) groups is 1. The highest BCUT2D eigenvalue weighted by molar-refractivity contribution is 5.61. The highest BCUT2D eigenvalue weighted by Crippen LogP contribution is 2.22. The van der Waals surface area contributed by atoms with Gasteiger partial charge in [-0.05, 0) is 17.7 Å². The van der Waals surface area contributed by atoms with Gasteiger partial charge in [-0.3, -0.25) is 0 Å². The van der Waals surface area contributed by atoms with Crippen molar-refractivity contribution in [2.75, 3.05) is 7.05 Å². The molecule has 1 aromatic rings. The zero-order chi connectivity index (χ0) is 11.3. The number of alkyl halides is 3. The highest BCUT2D eigenvalue weighted by atomic mass is 19.4. The van der Waals surface area contributed by atoms with Gasteiger partial charge in [0.25, 0.3) is 0 Å². The van der Waals surface area contributed by atoms with E-state index in [2.05, 4.69) is 9.73 Å². The van der Waals surface area contributed by atoms with E-state index in [1.165, 1.54) is 12.1 Å². The van der Waals surface area contributed by atoms with E-state index in [0.29, 0.717) is 6.42 Å². The first kappa shape index (κ1) is 11.6. The number of ether oxygens (including phenoxy) is 1. The van der Waals surface area contributed by atoms with Crippen LogP contribution in [0.3, 0.4) is 0 Å². The van der Waals surface area contributed by atoms with E-state index < -0.39 is 6.36 Å². The molecule has 0 aromatic heterocycles. The van der Waals surface area contributed by atoms with E-state index in [4.69, 9.17) is 0 Å². The van der Waals surface area contributed by atoms with Gasteiger partial charge in [-0.1, -0.05) is 12.1 Å². The minimum Gasteiger partial charge on any atom is -0.406 e. The van der Waals surface area contributed by atoms with Crippen LogP contribution in [-0.4, -0.2) is 19.6 Å². The number of hydrogen-bond acceptors (Lipinski definition) is 2. The molecule has 15 heavy (non-hydrogen) atoms. The van der Waals surface area contributed by atoms with Gasteiger partial charge in [-0.25, -0.2) is 0 Å². The molecule has 0 spiro atoms. The minimum atomic E-state index is -4.63. The van der Waals surface area contributed by atoms with Crippen molar-refractivity contribution in [1.29, 1.82) is 0 Å². The van der Waals surface area contributed by atoms with E-state index in [1.54, 1.807) is 25.4 Å². The standard InChI is InChI=1S/C10H10F3NO/c1-14-7-6-8-2-4-9(5-3-8)15-10(11,12)13/h2-5,7H,6H2,1H3. The summed E-state index contributed by atoms with van der Waals surface area (Å²) in [7, 11) is 1.64. The fourth-order valence-electron chi connectivity index (χ4n) is 1.02. The lowest BCUT2D eigenvalue weighted by Crippen LogP contribution is -2.17. The molecule has 0 saturated heterocycles. The number of benzene rings is 1. The molecule has 0 radical (unpaired) electrons. The molecule has 0 heterocycles. The van der Waals surface area contributed by atoms with Crippen molar-refractivity contribution < 1.29 is 17.9 Å². The van der Waals surface area contributed by atoms with E-state index in [9.17, 15) is 13.2 Å². The molecule has 0 fully saturated rings. The van der Waals surface area contributed by atoms with E-state index in [1.807, 2.05) is 0 Å². The first-order chi connectivity index (χ1) is 7.01. The average molecular weight is 217 g/mol. The van der Waals surface area contributed by atoms with Crippen LogP contribution >= 0.6 is 0 Å². The average Bonchev–Trinajstić information content (AvgIpc) is 2.14. The molecule has 1 rings (SSSR count). The van der Waals surface area contributed by atoms with E-state index in [0.717, 1.165) is 5.56 Å². The summed E-state index contributed by atoms with van der Waals surface area (Å²) >= 11 is 0. The molecule has 5 heteroatoms. The van der Waals surface area contributed by atoms with Crippen molar-refractivity contribution in [1.82, 2.24) is 0 Å². The zero-order valence-electron chi connectivity index (χ0n) is 8.08. The predicted octanol–water partition coefficient (Wildman–Crippen LogP) is 2.83. The smallest absolute Gasteiger partial charge is 0.406 e. The van der Waals surface area contributed by atoms with Gasteiger partial charge in [0.05, 0.1) is 0 Å². The fourth-order valence-corrected chi connectivity index (χ4v) is 1.02. The Morgan fingerprint density at radius 3 is 2.33 bits per heavy atom.